The Hall–Kier alpha value is -1.90. The molecule has 2 aliphatic heterocycles. The summed E-state index contributed by atoms with van der Waals surface area (Å²) in [7, 11) is -11.8. The number of amides is 1. The number of H-pyrrole nitrogens is 1. The van der Waals surface area contributed by atoms with Crippen molar-refractivity contribution in [1.29, 1.82) is 0 Å². The molecule has 0 spiro atoms. The lowest BCUT2D eigenvalue weighted by Crippen LogP contribution is -2.63. The molecule has 0 radical (unpaired) electrons. The first-order valence-electron chi connectivity index (χ1n) is 10.9. The number of hydrogen-bond acceptors (Lipinski definition) is 16. The lowest BCUT2D eigenvalue weighted by molar-refractivity contribution is -0.279. The minimum Gasteiger partial charge on any atom is -0.756 e. The number of aromatic amines is 1. The van der Waals surface area contributed by atoms with Gasteiger partial charge < -0.3 is 49.5 Å². The molecule has 1 aromatic heterocycles. The molecule has 2 saturated heterocycles. The van der Waals surface area contributed by atoms with Crippen molar-refractivity contribution in [2.24, 2.45) is 0 Å². The van der Waals surface area contributed by atoms with Crippen LogP contribution in [0.1, 0.15) is 13.2 Å². The minimum absolute atomic E-state index is 0.688. The van der Waals surface area contributed by atoms with Gasteiger partial charge in [-0.05, 0) is 0 Å². The number of nitrogens with zero attached hydrogens (tertiary/aromatic N) is 1. The van der Waals surface area contributed by atoms with Crippen LogP contribution in [-0.4, -0.2) is 98.1 Å². The average Bonchev–Trinajstić information content (AvgIpc) is 3.10. The Morgan fingerprint density at radius 3 is 2.41 bits per heavy atom. The summed E-state index contributed by atoms with van der Waals surface area (Å²) >= 11 is 0. The van der Waals surface area contributed by atoms with E-state index >= 15 is 0 Å². The van der Waals surface area contributed by atoms with E-state index in [1.54, 1.807) is 0 Å². The number of halogens is 1. The fourth-order valence-corrected chi connectivity index (χ4v) is 5.80. The van der Waals surface area contributed by atoms with Gasteiger partial charge in [-0.15, -0.1) is 0 Å². The van der Waals surface area contributed by atoms with Crippen molar-refractivity contribution >= 4 is 21.6 Å². The van der Waals surface area contributed by atoms with Gasteiger partial charge in [0.2, 0.25) is 5.91 Å². The highest BCUT2D eigenvalue weighted by atomic mass is 31.3. The van der Waals surface area contributed by atoms with E-state index in [1.165, 1.54) is 0 Å². The molecular formula is C17H24FN3O16P2-2. The van der Waals surface area contributed by atoms with Gasteiger partial charge in [0.15, 0.2) is 18.7 Å². The second-order valence-electron chi connectivity index (χ2n) is 8.33. The minimum atomic E-state index is -5.98. The van der Waals surface area contributed by atoms with Crippen molar-refractivity contribution in [1.82, 2.24) is 14.9 Å². The lowest BCUT2D eigenvalue weighted by atomic mass is 9.98. The Balaban J connectivity index is 1.66. The van der Waals surface area contributed by atoms with Gasteiger partial charge in [0.25, 0.3) is 21.2 Å². The van der Waals surface area contributed by atoms with Crippen molar-refractivity contribution in [3.05, 3.63) is 33.1 Å². The third-order valence-corrected chi connectivity index (χ3v) is 8.03. The predicted molar refractivity (Wildman–Crippen MR) is 115 cm³/mol. The van der Waals surface area contributed by atoms with Gasteiger partial charge >= 0.3 is 5.69 Å². The van der Waals surface area contributed by atoms with E-state index in [9.17, 15) is 58.1 Å². The molecule has 0 aliphatic carbocycles. The van der Waals surface area contributed by atoms with E-state index < -0.39 is 101 Å². The summed E-state index contributed by atoms with van der Waals surface area (Å²) in [6.45, 7) is -1.27. The fraction of sp³-hybridized carbons (Fsp3) is 0.706. The van der Waals surface area contributed by atoms with E-state index in [4.69, 9.17) is 9.47 Å². The molecule has 39 heavy (non-hydrogen) atoms. The number of ether oxygens (including phenoxy) is 2. The van der Waals surface area contributed by atoms with Crippen LogP contribution in [0.2, 0.25) is 0 Å². The number of phosphoric ester groups is 2. The normalized spacial score (nSPS) is 36.2. The molecule has 0 bridgehead atoms. The smallest absolute Gasteiger partial charge is 0.330 e. The van der Waals surface area contributed by atoms with Crippen LogP contribution in [0, 0.1) is 0 Å². The maximum absolute atomic E-state index is 14.2. The van der Waals surface area contributed by atoms with E-state index in [0.717, 1.165) is 19.2 Å². The number of carbonyl (C=O) groups is 1. The largest absolute Gasteiger partial charge is 0.756 e. The Kier molecular flexibility index (Phi) is 9.98. The summed E-state index contributed by atoms with van der Waals surface area (Å²) in [5.41, 5.74) is -1.80. The molecule has 11 atom stereocenters. The highest BCUT2D eigenvalue weighted by Gasteiger charge is 2.48. The number of rotatable bonds is 10. The molecule has 3 rings (SSSR count). The first kappa shape index (κ1) is 31.6. The van der Waals surface area contributed by atoms with Crippen molar-refractivity contribution in [2.75, 3.05) is 13.2 Å². The second-order valence-corrected chi connectivity index (χ2v) is 11.2. The Morgan fingerprint density at radius 1 is 1.15 bits per heavy atom. The van der Waals surface area contributed by atoms with Gasteiger partial charge in [0.05, 0.1) is 13.2 Å². The van der Waals surface area contributed by atoms with E-state index in [1.807, 2.05) is 10.3 Å². The van der Waals surface area contributed by atoms with Crippen LogP contribution in [-0.2, 0) is 36.8 Å². The number of phosphoric acid groups is 2. The molecule has 1 amide bonds. The topological polar surface area (TPSA) is 291 Å². The first-order valence-corrected chi connectivity index (χ1v) is 13.8. The molecule has 2 aliphatic rings. The summed E-state index contributed by atoms with van der Waals surface area (Å²) in [6, 6.07) is -0.976. The number of hydrogen-bond donors (Lipinski definition) is 6. The molecule has 6 N–H and O–H groups in total. The van der Waals surface area contributed by atoms with Crippen LogP contribution in [0.3, 0.4) is 0 Å². The molecule has 3 heterocycles. The van der Waals surface area contributed by atoms with Crippen molar-refractivity contribution in [2.45, 2.75) is 62.2 Å². The van der Waals surface area contributed by atoms with Crippen LogP contribution < -0.4 is 26.4 Å². The van der Waals surface area contributed by atoms with Gasteiger partial charge in [0.1, 0.15) is 36.6 Å². The molecule has 0 aromatic carbocycles. The van der Waals surface area contributed by atoms with Gasteiger partial charge in [-0.3, -0.25) is 32.8 Å². The zero-order chi connectivity index (χ0) is 29.3. The third kappa shape index (κ3) is 7.65. The number of nitrogens with one attached hydrogen (secondary N) is 2. The monoisotopic (exact) mass is 607 g/mol. The highest BCUT2D eigenvalue weighted by molar-refractivity contribution is 7.59. The van der Waals surface area contributed by atoms with Crippen molar-refractivity contribution in [3.63, 3.8) is 0 Å². The van der Waals surface area contributed by atoms with Crippen LogP contribution in [0.25, 0.3) is 0 Å². The number of alkyl halides is 1. The SMILES string of the molecule is CC(=O)N[C@H]1[C@@H](OP(=O)([O-])OP(=O)([O-])OC[C@H]2O[C@@H](n3ccc(=O)[nH]c3=O)[C@H](O)[C@@H]2O)O[C@H](CO)[C@H](F)[C@@H]1O. The van der Waals surface area contributed by atoms with E-state index in [0.29, 0.717) is 4.57 Å². The summed E-state index contributed by atoms with van der Waals surface area (Å²) in [4.78, 5) is 60.8. The van der Waals surface area contributed by atoms with Crippen molar-refractivity contribution < 1.29 is 71.4 Å². The van der Waals surface area contributed by atoms with Gasteiger partial charge in [-0.25, -0.2) is 13.5 Å². The molecule has 2 unspecified atom stereocenters. The van der Waals surface area contributed by atoms with Gasteiger partial charge in [-0.2, -0.15) is 0 Å². The molecule has 2 fully saturated rings. The fourth-order valence-electron chi connectivity index (χ4n) is 3.71. The standard InChI is InChI=1S/C17H26FN3O16P2/c1-6(23)19-11-13(26)10(18)7(4-22)35-16(11)36-39(31,32)37-38(29,30)33-5-8-12(25)14(27)15(34-8)21-3-2-9(24)20-17(21)28/h2-3,7-8,10-16,22,25-27H,4-5H2,1H3,(H,19,23)(H,29,30)(H,31,32)(H,20,24,28)/p-2/t7-,8-,10+,11-,12-,13+,14-,15-,16-/m1/s1. The Bertz CT molecular complexity index is 1240. The zero-order valence-corrected chi connectivity index (χ0v) is 21.5. The zero-order valence-electron chi connectivity index (χ0n) is 19.7. The van der Waals surface area contributed by atoms with Gasteiger partial charge in [0, 0.05) is 19.2 Å². The molecule has 1 aromatic rings. The molecule has 19 nitrogen and oxygen atoms in total. The van der Waals surface area contributed by atoms with E-state index in [-0.39, 0.29) is 0 Å². The van der Waals surface area contributed by atoms with Gasteiger partial charge in [-0.1, -0.05) is 0 Å². The highest BCUT2D eigenvalue weighted by Crippen LogP contribution is 2.57. The molecule has 22 heteroatoms. The molecule has 0 saturated carbocycles. The maximum atomic E-state index is 14.2. The Labute approximate surface area is 216 Å². The predicted octanol–water partition coefficient (Wildman–Crippen LogP) is -4.94. The molecular weight excluding hydrogens is 583 g/mol. The Morgan fingerprint density at radius 2 is 1.82 bits per heavy atom. The average molecular weight is 607 g/mol. The lowest BCUT2D eigenvalue weighted by Gasteiger charge is -2.43. The van der Waals surface area contributed by atoms with Crippen LogP contribution in [0.4, 0.5) is 4.39 Å². The van der Waals surface area contributed by atoms with Crippen LogP contribution in [0.5, 0.6) is 0 Å². The van der Waals surface area contributed by atoms with Crippen LogP contribution >= 0.6 is 15.6 Å². The summed E-state index contributed by atoms with van der Waals surface area (Å²) < 4.78 is 62.1. The third-order valence-electron chi connectivity index (χ3n) is 5.49. The number of aliphatic hydroxyl groups is 4. The summed E-state index contributed by atoms with van der Waals surface area (Å²) in [5, 5.41) is 41.5. The van der Waals surface area contributed by atoms with Crippen molar-refractivity contribution in [3.8, 4) is 0 Å². The molecule has 222 valence electrons. The second kappa shape index (κ2) is 12.3. The number of aromatic nitrogens is 2. The van der Waals surface area contributed by atoms with E-state index in [2.05, 4.69) is 13.4 Å². The summed E-state index contributed by atoms with van der Waals surface area (Å²) in [6.07, 6.45) is -14.5. The number of carbonyl (C=O) groups excluding carboxylic acids is 1. The van der Waals surface area contributed by atoms with Crippen LogP contribution in [0.15, 0.2) is 21.9 Å². The first-order chi connectivity index (χ1) is 18.0. The number of aliphatic hydroxyl groups excluding tert-OH is 4. The quantitative estimate of drug-likeness (QED) is 0.136. The maximum Gasteiger partial charge on any atom is 0.330 e. The summed E-state index contributed by atoms with van der Waals surface area (Å²) in [5.74, 6) is -0.884.